The fraction of sp³-hybridized carbons (Fsp3) is 0.667. The average Bonchev–Trinajstić information content (AvgIpc) is 1.99. The van der Waals surface area contributed by atoms with Crippen molar-refractivity contribution in [3.63, 3.8) is 0 Å². The summed E-state index contributed by atoms with van der Waals surface area (Å²) in [7, 11) is 1.67. The van der Waals surface area contributed by atoms with Crippen LogP contribution in [0.4, 0.5) is 0 Å². The van der Waals surface area contributed by atoms with Crippen LogP contribution in [-0.4, -0.2) is 19.0 Å². The molecule has 0 fully saturated rings. The third-order valence-electron chi connectivity index (χ3n) is 1.71. The lowest BCUT2D eigenvalue weighted by Gasteiger charge is -2.05. The summed E-state index contributed by atoms with van der Waals surface area (Å²) in [6, 6.07) is 0. The molecule has 1 atom stereocenters. The summed E-state index contributed by atoms with van der Waals surface area (Å²) in [4.78, 5) is 10.7. The minimum absolute atomic E-state index is 0.133. The number of carbonyl (C=O) groups excluding carboxylic acids is 1. The van der Waals surface area contributed by atoms with Gasteiger partial charge in [0.05, 0.1) is 6.10 Å². The van der Waals surface area contributed by atoms with Crippen molar-refractivity contribution in [1.29, 1.82) is 0 Å². The molecule has 0 heterocycles. The molecule has 0 radical (unpaired) electrons. The predicted octanol–water partition coefficient (Wildman–Crippen LogP) is 1.95. The van der Waals surface area contributed by atoms with Gasteiger partial charge < -0.3 is 4.74 Å². The standard InChI is InChI=1S/C9H16O2/c1-7(9(3)10)5-6-8(2)11-4/h5,8H,6H2,1-4H3. The van der Waals surface area contributed by atoms with Crippen LogP contribution in [-0.2, 0) is 9.53 Å². The van der Waals surface area contributed by atoms with Crippen LogP contribution in [0.5, 0.6) is 0 Å². The molecule has 0 saturated heterocycles. The summed E-state index contributed by atoms with van der Waals surface area (Å²) < 4.78 is 5.02. The molecule has 0 aliphatic heterocycles. The van der Waals surface area contributed by atoms with E-state index in [1.165, 1.54) is 0 Å². The number of hydrogen-bond acceptors (Lipinski definition) is 2. The Labute approximate surface area is 68.2 Å². The van der Waals surface area contributed by atoms with Crippen molar-refractivity contribution in [1.82, 2.24) is 0 Å². The van der Waals surface area contributed by atoms with E-state index >= 15 is 0 Å². The van der Waals surface area contributed by atoms with Crippen molar-refractivity contribution in [2.45, 2.75) is 33.3 Å². The van der Waals surface area contributed by atoms with E-state index in [0.29, 0.717) is 0 Å². The van der Waals surface area contributed by atoms with Gasteiger partial charge in [-0.1, -0.05) is 6.08 Å². The van der Waals surface area contributed by atoms with E-state index < -0.39 is 0 Å². The Hall–Kier alpha value is -0.630. The molecule has 2 heteroatoms. The summed E-state index contributed by atoms with van der Waals surface area (Å²) in [5.74, 6) is 0.133. The van der Waals surface area contributed by atoms with E-state index in [1.807, 2.05) is 19.9 Å². The fourth-order valence-electron chi connectivity index (χ4n) is 0.583. The zero-order chi connectivity index (χ0) is 8.85. The molecule has 1 unspecified atom stereocenters. The van der Waals surface area contributed by atoms with Crippen LogP contribution in [0.25, 0.3) is 0 Å². The first kappa shape index (κ1) is 10.4. The van der Waals surface area contributed by atoms with E-state index in [9.17, 15) is 4.79 Å². The first-order chi connectivity index (χ1) is 5.07. The lowest BCUT2D eigenvalue weighted by molar-refractivity contribution is -0.113. The van der Waals surface area contributed by atoms with Crippen molar-refractivity contribution in [3.8, 4) is 0 Å². The van der Waals surface area contributed by atoms with E-state index in [1.54, 1.807) is 14.0 Å². The molecule has 0 aromatic rings. The number of ketones is 1. The van der Waals surface area contributed by atoms with E-state index in [4.69, 9.17) is 4.74 Å². The second-order valence-corrected chi connectivity index (χ2v) is 2.73. The van der Waals surface area contributed by atoms with Gasteiger partial charge in [-0.25, -0.2) is 0 Å². The maximum Gasteiger partial charge on any atom is 0.155 e. The summed E-state index contributed by atoms with van der Waals surface area (Å²) in [5, 5.41) is 0. The van der Waals surface area contributed by atoms with Crippen molar-refractivity contribution < 1.29 is 9.53 Å². The highest BCUT2D eigenvalue weighted by molar-refractivity contribution is 5.92. The van der Waals surface area contributed by atoms with Crippen LogP contribution in [0.1, 0.15) is 27.2 Å². The first-order valence-electron chi connectivity index (χ1n) is 3.78. The Bertz CT molecular complexity index is 159. The van der Waals surface area contributed by atoms with Crippen LogP contribution in [0.3, 0.4) is 0 Å². The fourth-order valence-corrected chi connectivity index (χ4v) is 0.583. The highest BCUT2D eigenvalue weighted by Crippen LogP contribution is 2.01. The number of Topliss-reactive ketones (excluding diaryl/α,β-unsaturated/α-hetero) is 1. The van der Waals surface area contributed by atoms with Gasteiger partial charge in [0.15, 0.2) is 5.78 Å². The minimum Gasteiger partial charge on any atom is -0.381 e. The molecule has 0 aliphatic rings. The number of methoxy groups -OCH3 is 1. The van der Waals surface area contributed by atoms with Gasteiger partial charge in [-0.2, -0.15) is 0 Å². The molecule has 2 nitrogen and oxygen atoms in total. The molecule has 0 N–H and O–H groups in total. The van der Waals surface area contributed by atoms with E-state index in [2.05, 4.69) is 0 Å². The van der Waals surface area contributed by atoms with E-state index in [-0.39, 0.29) is 11.9 Å². The average molecular weight is 156 g/mol. The molecule has 0 bridgehead atoms. The summed E-state index contributed by atoms with van der Waals surface area (Å²) in [5.41, 5.74) is 0.814. The van der Waals surface area contributed by atoms with Gasteiger partial charge >= 0.3 is 0 Å². The van der Waals surface area contributed by atoms with Crippen molar-refractivity contribution >= 4 is 5.78 Å². The number of hydrogen-bond donors (Lipinski definition) is 0. The van der Waals surface area contributed by atoms with Crippen LogP contribution in [0.15, 0.2) is 11.6 Å². The minimum atomic E-state index is 0.133. The number of rotatable bonds is 4. The van der Waals surface area contributed by atoms with Gasteiger partial charge in [-0.05, 0) is 32.8 Å². The molecule has 11 heavy (non-hydrogen) atoms. The van der Waals surface area contributed by atoms with E-state index in [0.717, 1.165) is 12.0 Å². The van der Waals surface area contributed by atoms with Crippen LogP contribution in [0.2, 0.25) is 0 Å². The maximum absolute atomic E-state index is 10.7. The topological polar surface area (TPSA) is 26.3 Å². The molecule has 0 aromatic heterocycles. The highest BCUT2D eigenvalue weighted by atomic mass is 16.5. The normalized spacial score (nSPS) is 14.7. The zero-order valence-corrected chi connectivity index (χ0v) is 7.68. The van der Waals surface area contributed by atoms with Gasteiger partial charge in [0.2, 0.25) is 0 Å². The number of carbonyl (C=O) groups is 1. The Balaban J connectivity index is 3.82. The van der Waals surface area contributed by atoms with Crippen LogP contribution < -0.4 is 0 Å². The molecule has 0 rings (SSSR count). The Kier molecular flexibility index (Phi) is 4.79. The number of allylic oxidation sites excluding steroid dienone is 1. The third-order valence-corrected chi connectivity index (χ3v) is 1.71. The second-order valence-electron chi connectivity index (χ2n) is 2.73. The molecule has 0 saturated carbocycles. The molecular formula is C9H16O2. The first-order valence-corrected chi connectivity index (χ1v) is 3.78. The SMILES string of the molecule is COC(C)CC=C(C)C(C)=O. The molecule has 0 aromatic carbocycles. The highest BCUT2D eigenvalue weighted by Gasteiger charge is 1.98. The molecule has 0 aliphatic carbocycles. The molecule has 64 valence electrons. The summed E-state index contributed by atoms with van der Waals surface area (Å²) in [6.45, 7) is 5.37. The van der Waals surface area contributed by atoms with Crippen LogP contribution in [0, 0.1) is 0 Å². The molecule has 0 spiro atoms. The molecular weight excluding hydrogens is 140 g/mol. The monoisotopic (exact) mass is 156 g/mol. The number of ether oxygens (including phenoxy) is 1. The van der Waals surface area contributed by atoms with Crippen LogP contribution >= 0.6 is 0 Å². The lowest BCUT2D eigenvalue weighted by Crippen LogP contribution is -2.03. The summed E-state index contributed by atoms with van der Waals surface area (Å²) in [6.07, 6.45) is 2.92. The smallest absolute Gasteiger partial charge is 0.155 e. The van der Waals surface area contributed by atoms with Crippen molar-refractivity contribution in [3.05, 3.63) is 11.6 Å². The molecule has 0 amide bonds. The Morgan fingerprint density at radius 3 is 2.45 bits per heavy atom. The quantitative estimate of drug-likeness (QED) is 0.581. The van der Waals surface area contributed by atoms with Gasteiger partial charge in [0, 0.05) is 7.11 Å². The predicted molar refractivity (Wildman–Crippen MR) is 45.5 cm³/mol. The Morgan fingerprint density at radius 2 is 2.09 bits per heavy atom. The largest absolute Gasteiger partial charge is 0.381 e. The second kappa shape index (κ2) is 5.08. The van der Waals surface area contributed by atoms with Crippen molar-refractivity contribution in [2.75, 3.05) is 7.11 Å². The van der Waals surface area contributed by atoms with Gasteiger partial charge in [0.25, 0.3) is 0 Å². The zero-order valence-electron chi connectivity index (χ0n) is 7.68. The summed E-state index contributed by atoms with van der Waals surface area (Å²) >= 11 is 0. The van der Waals surface area contributed by atoms with Crippen molar-refractivity contribution in [2.24, 2.45) is 0 Å². The van der Waals surface area contributed by atoms with Gasteiger partial charge in [-0.3, -0.25) is 4.79 Å². The van der Waals surface area contributed by atoms with Gasteiger partial charge in [-0.15, -0.1) is 0 Å². The van der Waals surface area contributed by atoms with Gasteiger partial charge in [0.1, 0.15) is 0 Å². The third kappa shape index (κ3) is 4.73. The maximum atomic E-state index is 10.7. The Morgan fingerprint density at radius 1 is 1.55 bits per heavy atom. The lowest BCUT2D eigenvalue weighted by atomic mass is 10.1.